The van der Waals surface area contributed by atoms with Crippen LogP contribution >= 0.6 is 11.6 Å². The molecule has 1 spiro atoms. The summed E-state index contributed by atoms with van der Waals surface area (Å²) < 4.78 is 6.69. The molecule has 1 N–H and O–H groups in total. The zero-order valence-electron chi connectivity index (χ0n) is 19.2. The van der Waals surface area contributed by atoms with E-state index in [1.54, 1.807) is 41.1 Å². The summed E-state index contributed by atoms with van der Waals surface area (Å²) >= 11 is 6.05. The Hall–Kier alpha value is -2.68. The molecule has 0 aliphatic carbocycles. The van der Waals surface area contributed by atoms with Crippen LogP contribution in [0.1, 0.15) is 13.3 Å². The van der Waals surface area contributed by atoms with Crippen LogP contribution < -0.4 is 4.90 Å². The van der Waals surface area contributed by atoms with Gasteiger partial charge in [-0.3, -0.25) is 14.4 Å². The van der Waals surface area contributed by atoms with Gasteiger partial charge < -0.3 is 24.5 Å². The number of halogens is 1. The number of aliphatic hydroxyl groups is 1. The maximum absolute atomic E-state index is 14.1. The first-order valence-electron chi connectivity index (χ1n) is 11.5. The molecule has 4 heterocycles. The van der Waals surface area contributed by atoms with E-state index in [0.29, 0.717) is 30.2 Å². The van der Waals surface area contributed by atoms with Crippen molar-refractivity contribution in [2.75, 3.05) is 38.2 Å². The highest BCUT2D eigenvalue weighted by Gasteiger charge is 2.74. The number of hydrogen-bond donors (Lipinski definition) is 1. The van der Waals surface area contributed by atoms with Gasteiger partial charge in [0.05, 0.1) is 17.4 Å². The van der Waals surface area contributed by atoms with Gasteiger partial charge in [0.15, 0.2) is 0 Å². The first-order valence-corrected chi connectivity index (χ1v) is 11.9. The summed E-state index contributed by atoms with van der Waals surface area (Å²) in [5.74, 6) is -2.36. The zero-order chi connectivity index (χ0) is 24.3. The standard InChI is InChI=1S/C25H28ClN3O5/c1-24-10-3-12-27(2)21(31)18(24)19-22(32)29(14-5-15-30)20-23(33)28(13-4-11-25(19,20)34-24)17-8-6-16(26)7-9-17/h3-4,6-11,18-20,30H,5,12-15H2,1-2H3/t18-,19+,20?,24+,25+/m1/s1. The SMILES string of the molecule is CN1CC=C[C@]2(C)O[C@]34C=CCN(c5ccc(Cl)cc5)C(=O)C3N(CCCO)C(=O)[C@@H]4[C@@H]2C1=O. The first kappa shape index (κ1) is 23.1. The van der Waals surface area contributed by atoms with Gasteiger partial charge in [0.25, 0.3) is 5.91 Å². The van der Waals surface area contributed by atoms with Crippen molar-refractivity contribution in [1.29, 1.82) is 0 Å². The van der Waals surface area contributed by atoms with Crippen LogP contribution in [-0.4, -0.2) is 83.2 Å². The number of benzene rings is 1. The fraction of sp³-hybridized carbons (Fsp3) is 0.480. The Bertz CT molecular complexity index is 1090. The van der Waals surface area contributed by atoms with E-state index in [1.807, 2.05) is 31.2 Å². The number of rotatable bonds is 4. The number of fused-ring (bicyclic) bond motifs is 2. The number of ether oxygens (including phenoxy) is 1. The van der Waals surface area contributed by atoms with Crippen molar-refractivity contribution in [3.63, 3.8) is 0 Å². The van der Waals surface area contributed by atoms with E-state index in [0.717, 1.165) is 0 Å². The van der Waals surface area contributed by atoms with Crippen molar-refractivity contribution in [3.05, 3.63) is 53.6 Å². The molecule has 1 aromatic rings. The van der Waals surface area contributed by atoms with Crippen molar-refractivity contribution < 1.29 is 24.2 Å². The summed E-state index contributed by atoms with van der Waals surface area (Å²) in [5.41, 5.74) is -1.66. The molecule has 5 atom stereocenters. The molecule has 34 heavy (non-hydrogen) atoms. The molecule has 0 aromatic heterocycles. The number of carbonyl (C=O) groups is 3. The van der Waals surface area contributed by atoms with Crippen LogP contribution in [0.25, 0.3) is 0 Å². The van der Waals surface area contributed by atoms with Gasteiger partial charge in [-0.25, -0.2) is 0 Å². The van der Waals surface area contributed by atoms with Gasteiger partial charge in [0.1, 0.15) is 11.6 Å². The molecule has 1 aromatic carbocycles. The predicted octanol–water partition coefficient (Wildman–Crippen LogP) is 1.62. The van der Waals surface area contributed by atoms with Gasteiger partial charge in [-0.2, -0.15) is 0 Å². The van der Waals surface area contributed by atoms with Crippen molar-refractivity contribution in [2.24, 2.45) is 11.8 Å². The number of nitrogens with zero attached hydrogens (tertiary/aromatic N) is 3. The second-order valence-electron chi connectivity index (χ2n) is 9.55. The molecule has 180 valence electrons. The Morgan fingerprint density at radius 3 is 2.44 bits per heavy atom. The lowest BCUT2D eigenvalue weighted by Crippen LogP contribution is -2.56. The molecular formula is C25H28ClN3O5. The highest BCUT2D eigenvalue weighted by Crippen LogP contribution is 2.57. The molecule has 9 heteroatoms. The Balaban J connectivity index is 1.64. The number of carbonyl (C=O) groups excluding carboxylic acids is 3. The maximum atomic E-state index is 14.1. The van der Waals surface area contributed by atoms with E-state index in [1.165, 1.54) is 4.90 Å². The van der Waals surface area contributed by atoms with Crippen LogP contribution in [-0.2, 0) is 19.1 Å². The summed E-state index contributed by atoms with van der Waals surface area (Å²) in [6, 6.07) is 6.00. The van der Waals surface area contributed by atoms with E-state index < -0.39 is 29.1 Å². The number of likely N-dealkylation sites (tertiary alicyclic amines) is 1. The van der Waals surface area contributed by atoms with E-state index in [2.05, 4.69) is 0 Å². The molecule has 4 aliphatic heterocycles. The molecule has 3 amide bonds. The minimum absolute atomic E-state index is 0.120. The minimum atomic E-state index is -1.29. The minimum Gasteiger partial charge on any atom is -0.396 e. The highest BCUT2D eigenvalue weighted by molar-refractivity contribution is 6.30. The predicted molar refractivity (Wildman–Crippen MR) is 126 cm³/mol. The molecule has 0 saturated carbocycles. The smallest absolute Gasteiger partial charge is 0.253 e. The number of hydrogen-bond acceptors (Lipinski definition) is 5. The average molecular weight is 486 g/mol. The van der Waals surface area contributed by atoms with Crippen LogP contribution in [0, 0.1) is 11.8 Å². The van der Waals surface area contributed by atoms with Crippen LogP contribution in [0.5, 0.6) is 0 Å². The van der Waals surface area contributed by atoms with Gasteiger partial charge in [0, 0.05) is 44.0 Å². The van der Waals surface area contributed by atoms with Crippen LogP contribution in [0.15, 0.2) is 48.6 Å². The Morgan fingerprint density at radius 2 is 1.74 bits per heavy atom. The fourth-order valence-electron chi connectivity index (χ4n) is 5.98. The van der Waals surface area contributed by atoms with Crippen LogP contribution in [0.4, 0.5) is 5.69 Å². The molecule has 5 rings (SSSR count). The van der Waals surface area contributed by atoms with E-state index in [9.17, 15) is 19.5 Å². The molecule has 4 aliphatic rings. The van der Waals surface area contributed by atoms with Gasteiger partial charge >= 0.3 is 0 Å². The second-order valence-corrected chi connectivity index (χ2v) is 9.99. The van der Waals surface area contributed by atoms with Crippen molar-refractivity contribution in [1.82, 2.24) is 9.80 Å². The summed E-state index contributed by atoms with van der Waals surface area (Å²) in [7, 11) is 1.71. The van der Waals surface area contributed by atoms with Crippen LogP contribution in [0.3, 0.4) is 0 Å². The van der Waals surface area contributed by atoms with Crippen LogP contribution in [0.2, 0.25) is 5.02 Å². The average Bonchev–Trinajstić information content (AvgIpc) is 3.08. The van der Waals surface area contributed by atoms with Gasteiger partial charge in [0.2, 0.25) is 11.8 Å². The van der Waals surface area contributed by atoms with E-state index in [-0.39, 0.29) is 30.9 Å². The van der Waals surface area contributed by atoms with Gasteiger partial charge in [-0.15, -0.1) is 0 Å². The largest absolute Gasteiger partial charge is 0.396 e. The first-order chi connectivity index (χ1) is 16.2. The zero-order valence-corrected chi connectivity index (χ0v) is 19.9. The van der Waals surface area contributed by atoms with Crippen molar-refractivity contribution >= 4 is 35.0 Å². The number of amides is 3. The van der Waals surface area contributed by atoms with E-state index in [4.69, 9.17) is 16.3 Å². The summed E-state index contributed by atoms with van der Waals surface area (Å²) in [5, 5.41) is 10.0. The molecule has 2 fully saturated rings. The van der Waals surface area contributed by atoms with Crippen molar-refractivity contribution in [3.8, 4) is 0 Å². The topological polar surface area (TPSA) is 90.4 Å². The number of anilines is 1. The molecule has 8 nitrogen and oxygen atoms in total. The lowest BCUT2D eigenvalue weighted by atomic mass is 9.74. The third kappa shape index (κ3) is 3.23. The number of likely N-dealkylation sites (N-methyl/N-ethyl adjacent to an activating group) is 1. The second kappa shape index (κ2) is 8.22. The highest BCUT2D eigenvalue weighted by atomic mass is 35.5. The third-order valence-electron chi connectivity index (χ3n) is 7.45. The molecular weight excluding hydrogens is 458 g/mol. The van der Waals surface area contributed by atoms with Crippen molar-refractivity contribution in [2.45, 2.75) is 30.6 Å². The normalized spacial score (nSPS) is 34.8. The summed E-state index contributed by atoms with van der Waals surface area (Å²) in [6.07, 6.45) is 7.71. The maximum Gasteiger partial charge on any atom is 0.253 e. The quantitative estimate of drug-likeness (QED) is 0.655. The van der Waals surface area contributed by atoms with E-state index >= 15 is 0 Å². The van der Waals surface area contributed by atoms with Gasteiger partial charge in [-0.1, -0.05) is 35.9 Å². The Labute approximate surface area is 203 Å². The molecule has 2 saturated heterocycles. The fourth-order valence-corrected chi connectivity index (χ4v) is 6.10. The monoisotopic (exact) mass is 485 g/mol. The van der Waals surface area contributed by atoms with Gasteiger partial charge in [-0.05, 0) is 37.6 Å². The Kier molecular flexibility index (Phi) is 5.58. The molecule has 0 bridgehead atoms. The summed E-state index contributed by atoms with van der Waals surface area (Å²) in [4.78, 5) is 46.2. The summed E-state index contributed by atoms with van der Waals surface area (Å²) in [6.45, 7) is 2.62. The molecule has 1 unspecified atom stereocenters. The molecule has 0 radical (unpaired) electrons. The lowest BCUT2D eigenvalue weighted by molar-refractivity contribution is -0.148. The third-order valence-corrected chi connectivity index (χ3v) is 7.71. The Morgan fingerprint density at radius 1 is 1.03 bits per heavy atom. The lowest BCUT2D eigenvalue weighted by Gasteiger charge is -2.37. The number of aliphatic hydroxyl groups excluding tert-OH is 1.